The summed E-state index contributed by atoms with van der Waals surface area (Å²) in [6.45, 7) is 3.55. The second-order valence-corrected chi connectivity index (χ2v) is 6.49. The first-order valence-corrected chi connectivity index (χ1v) is 8.65. The van der Waals surface area contributed by atoms with Gasteiger partial charge in [0.25, 0.3) is 0 Å². The normalized spacial score (nSPS) is 16.5. The van der Waals surface area contributed by atoms with Crippen LogP contribution in [0.5, 0.6) is 0 Å². The SMILES string of the molecule is c1ccc2[nH]c(-c3ccc(CN4CCCCCC4)cc3)nc2c1. The fourth-order valence-electron chi connectivity index (χ4n) is 3.41. The number of nitrogens with one attached hydrogen (secondary N) is 1. The third-order valence-corrected chi connectivity index (χ3v) is 4.72. The molecule has 0 aliphatic carbocycles. The molecule has 118 valence electrons. The van der Waals surface area contributed by atoms with Crippen molar-refractivity contribution in [2.75, 3.05) is 13.1 Å². The highest BCUT2D eigenvalue weighted by Gasteiger charge is 2.10. The molecule has 1 aliphatic heterocycles. The van der Waals surface area contributed by atoms with Crippen molar-refractivity contribution in [3.05, 3.63) is 54.1 Å². The van der Waals surface area contributed by atoms with Crippen LogP contribution >= 0.6 is 0 Å². The molecule has 0 unspecified atom stereocenters. The molecule has 3 nitrogen and oxygen atoms in total. The molecular weight excluding hydrogens is 282 g/mol. The third kappa shape index (κ3) is 3.30. The van der Waals surface area contributed by atoms with Crippen LogP contribution in [-0.2, 0) is 6.54 Å². The van der Waals surface area contributed by atoms with E-state index in [1.807, 2.05) is 18.2 Å². The van der Waals surface area contributed by atoms with Gasteiger partial charge in [-0.2, -0.15) is 0 Å². The Kier molecular flexibility index (Phi) is 4.12. The Bertz CT molecular complexity index is 732. The zero-order valence-electron chi connectivity index (χ0n) is 13.5. The van der Waals surface area contributed by atoms with Gasteiger partial charge in [0.2, 0.25) is 0 Å². The van der Waals surface area contributed by atoms with Crippen LogP contribution in [0.3, 0.4) is 0 Å². The second kappa shape index (κ2) is 6.55. The van der Waals surface area contributed by atoms with E-state index >= 15 is 0 Å². The van der Waals surface area contributed by atoms with Crippen LogP contribution in [0.25, 0.3) is 22.4 Å². The van der Waals surface area contributed by atoms with E-state index < -0.39 is 0 Å². The fraction of sp³-hybridized carbons (Fsp3) is 0.350. The first-order chi connectivity index (χ1) is 11.4. The summed E-state index contributed by atoms with van der Waals surface area (Å²) < 4.78 is 0. The Balaban J connectivity index is 1.50. The van der Waals surface area contributed by atoms with Gasteiger partial charge in [0.1, 0.15) is 5.82 Å². The number of aromatic amines is 1. The molecule has 2 aromatic carbocycles. The molecule has 0 radical (unpaired) electrons. The molecule has 1 aliphatic rings. The molecule has 3 aromatic rings. The molecule has 3 heteroatoms. The average Bonchev–Trinajstić information content (AvgIpc) is 2.86. The number of imidazole rings is 1. The summed E-state index contributed by atoms with van der Waals surface area (Å²) in [4.78, 5) is 10.7. The van der Waals surface area contributed by atoms with E-state index in [0.29, 0.717) is 0 Å². The van der Waals surface area contributed by atoms with Crippen molar-refractivity contribution >= 4 is 11.0 Å². The Hall–Kier alpha value is -2.13. The lowest BCUT2D eigenvalue weighted by Crippen LogP contribution is -2.23. The first-order valence-electron chi connectivity index (χ1n) is 8.65. The molecule has 1 N–H and O–H groups in total. The van der Waals surface area contributed by atoms with Gasteiger partial charge in [0, 0.05) is 12.1 Å². The van der Waals surface area contributed by atoms with Crippen molar-refractivity contribution in [3.8, 4) is 11.4 Å². The van der Waals surface area contributed by atoms with Crippen molar-refractivity contribution in [2.24, 2.45) is 0 Å². The summed E-state index contributed by atoms with van der Waals surface area (Å²) in [6, 6.07) is 17.0. The van der Waals surface area contributed by atoms with Gasteiger partial charge in [0.15, 0.2) is 0 Å². The Morgan fingerprint density at radius 2 is 1.61 bits per heavy atom. The van der Waals surface area contributed by atoms with Gasteiger partial charge in [0.05, 0.1) is 11.0 Å². The van der Waals surface area contributed by atoms with E-state index in [2.05, 4.69) is 45.2 Å². The van der Waals surface area contributed by atoms with Crippen molar-refractivity contribution in [3.63, 3.8) is 0 Å². The average molecular weight is 305 g/mol. The maximum atomic E-state index is 4.67. The van der Waals surface area contributed by atoms with E-state index in [0.717, 1.165) is 29.0 Å². The Morgan fingerprint density at radius 3 is 2.35 bits per heavy atom. The fourth-order valence-corrected chi connectivity index (χ4v) is 3.41. The van der Waals surface area contributed by atoms with Gasteiger partial charge >= 0.3 is 0 Å². The highest BCUT2D eigenvalue weighted by molar-refractivity contribution is 5.79. The third-order valence-electron chi connectivity index (χ3n) is 4.72. The maximum Gasteiger partial charge on any atom is 0.138 e. The quantitative estimate of drug-likeness (QED) is 0.766. The smallest absolute Gasteiger partial charge is 0.138 e. The number of likely N-dealkylation sites (tertiary alicyclic amines) is 1. The number of benzene rings is 2. The maximum absolute atomic E-state index is 4.67. The molecule has 1 fully saturated rings. The molecule has 1 aromatic heterocycles. The monoisotopic (exact) mass is 305 g/mol. The van der Waals surface area contributed by atoms with Crippen LogP contribution in [0.2, 0.25) is 0 Å². The highest BCUT2D eigenvalue weighted by Crippen LogP contribution is 2.21. The summed E-state index contributed by atoms with van der Waals surface area (Å²) in [5, 5.41) is 0. The van der Waals surface area contributed by atoms with Crippen molar-refractivity contribution < 1.29 is 0 Å². The topological polar surface area (TPSA) is 31.9 Å². The van der Waals surface area contributed by atoms with Gasteiger partial charge in [-0.05, 0) is 43.6 Å². The number of fused-ring (bicyclic) bond motifs is 1. The van der Waals surface area contributed by atoms with E-state index in [1.165, 1.54) is 44.3 Å². The number of hydrogen-bond donors (Lipinski definition) is 1. The van der Waals surface area contributed by atoms with Crippen LogP contribution in [0.4, 0.5) is 0 Å². The number of H-pyrrole nitrogens is 1. The van der Waals surface area contributed by atoms with Gasteiger partial charge in [-0.1, -0.05) is 49.2 Å². The summed E-state index contributed by atoms with van der Waals surface area (Å²) in [7, 11) is 0. The molecule has 0 atom stereocenters. The zero-order chi connectivity index (χ0) is 15.5. The van der Waals surface area contributed by atoms with Crippen LogP contribution in [0.1, 0.15) is 31.2 Å². The minimum absolute atomic E-state index is 0.951. The van der Waals surface area contributed by atoms with Crippen molar-refractivity contribution in [1.82, 2.24) is 14.9 Å². The predicted molar refractivity (Wildman–Crippen MR) is 95.3 cm³/mol. The Labute approximate surface area is 137 Å². The molecule has 2 heterocycles. The summed E-state index contributed by atoms with van der Waals surface area (Å²) in [6.07, 6.45) is 5.47. The summed E-state index contributed by atoms with van der Waals surface area (Å²) in [5.74, 6) is 0.951. The largest absolute Gasteiger partial charge is 0.338 e. The predicted octanol–water partition coefficient (Wildman–Crippen LogP) is 4.61. The molecule has 4 rings (SSSR count). The lowest BCUT2D eigenvalue weighted by Gasteiger charge is -2.19. The summed E-state index contributed by atoms with van der Waals surface area (Å²) >= 11 is 0. The Morgan fingerprint density at radius 1 is 0.870 bits per heavy atom. The molecule has 0 bridgehead atoms. The van der Waals surface area contributed by atoms with Crippen LogP contribution in [0.15, 0.2) is 48.5 Å². The molecular formula is C20H23N3. The number of rotatable bonds is 3. The van der Waals surface area contributed by atoms with Gasteiger partial charge < -0.3 is 4.98 Å². The molecule has 0 amide bonds. The number of aromatic nitrogens is 2. The van der Waals surface area contributed by atoms with Crippen LogP contribution < -0.4 is 0 Å². The van der Waals surface area contributed by atoms with Crippen molar-refractivity contribution in [2.45, 2.75) is 32.2 Å². The number of nitrogens with zero attached hydrogens (tertiary/aromatic N) is 2. The van der Waals surface area contributed by atoms with E-state index in [1.54, 1.807) is 0 Å². The summed E-state index contributed by atoms with van der Waals surface area (Å²) in [5.41, 5.74) is 4.67. The van der Waals surface area contributed by atoms with Crippen LogP contribution in [-0.4, -0.2) is 28.0 Å². The zero-order valence-corrected chi connectivity index (χ0v) is 13.5. The van der Waals surface area contributed by atoms with E-state index in [9.17, 15) is 0 Å². The van der Waals surface area contributed by atoms with Gasteiger partial charge in [-0.3, -0.25) is 4.90 Å². The molecule has 0 spiro atoms. The second-order valence-electron chi connectivity index (χ2n) is 6.49. The first kappa shape index (κ1) is 14.5. The van der Waals surface area contributed by atoms with Gasteiger partial charge in [-0.25, -0.2) is 4.98 Å². The highest BCUT2D eigenvalue weighted by atomic mass is 15.1. The lowest BCUT2D eigenvalue weighted by atomic mass is 10.1. The molecule has 23 heavy (non-hydrogen) atoms. The number of para-hydroxylation sites is 2. The molecule has 0 saturated carbocycles. The minimum atomic E-state index is 0.951. The van der Waals surface area contributed by atoms with E-state index in [4.69, 9.17) is 0 Å². The standard InChI is InChI=1S/C20H23N3/c1-2-6-14-23(13-5-1)15-16-9-11-17(12-10-16)20-21-18-7-3-4-8-19(18)22-20/h3-4,7-12H,1-2,5-6,13-15H2,(H,21,22). The lowest BCUT2D eigenvalue weighted by molar-refractivity contribution is 0.277. The van der Waals surface area contributed by atoms with Crippen LogP contribution in [0, 0.1) is 0 Å². The van der Waals surface area contributed by atoms with E-state index in [-0.39, 0.29) is 0 Å². The van der Waals surface area contributed by atoms with Gasteiger partial charge in [-0.15, -0.1) is 0 Å². The minimum Gasteiger partial charge on any atom is -0.338 e. The molecule has 1 saturated heterocycles. The number of hydrogen-bond acceptors (Lipinski definition) is 2. The van der Waals surface area contributed by atoms with Crippen molar-refractivity contribution in [1.29, 1.82) is 0 Å².